The highest BCUT2D eigenvalue weighted by molar-refractivity contribution is 5.94. The largest absolute Gasteiger partial charge is 0.478 e. The van der Waals surface area contributed by atoms with Crippen LogP contribution in [0.15, 0.2) is 18.2 Å². The quantitative estimate of drug-likeness (QED) is 0.856. The molecular formula is C15H22N2O2. The van der Waals surface area contributed by atoms with Gasteiger partial charge in [0.25, 0.3) is 0 Å². The predicted octanol–water partition coefficient (Wildman–Crippen LogP) is 2.59. The standard InChI is InChI=1S/C15H22N2O2/c1-11-5-6-13(15(18)19)14(9-11)16-10-12(2)17-7-3-4-8-17/h5-6,9,12,16H,3-4,7-8,10H2,1-2H3,(H,18,19). The van der Waals surface area contributed by atoms with Crippen LogP contribution in [0.2, 0.25) is 0 Å². The molecule has 4 heteroatoms. The van der Waals surface area contributed by atoms with Gasteiger partial charge >= 0.3 is 5.97 Å². The highest BCUT2D eigenvalue weighted by atomic mass is 16.4. The molecule has 0 saturated carbocycles. The number of hydrogen-bond acceptors (Lipinski definition) is 3. The first-order chi connectivity index (χ1) is 9.08. The molecule has 1 unspecified atom stereocenters. The maximum Gasteiger partial charge on any atom is 0.337 e. The van der Waals surface area contributed by atoms with E-state index in [9.17, 15) is 9.90 Å². The van der Waals surface area contributed by atoms with E-state index in [0.29, 0.717) is 11.6 Å². The van der Waals surface area contributed by atoms with Crippen LogP contribution < -0.4 is 5.32 Å². The van der Waals surface area contributed by atoms with E-state index < -0.39 is 5.97 Å². The number of likely N-dealkylation sites (tertiary alicyclic amines) is 1. The molecule has 1 heterocycles. The lowest BCUT2D eigenvalue weighted by Crippen LogP contribution is -2.35. The van der Waals surface area contributed by atoms with Gasteiger partial charge in [-0.3, -0.25) is 4.90 Å². The fourth-order valence-electron chi connectivity index (χ4n) is 2.56. The zero-order chi connectivity index (χ0) is 13.8. The van der Waals surface area contributed by atoms with Gasteiger partial charge in [0.1, 0.15) is 0 Å². The number of carbonyl (C=O) groups is 1. The Balaban J connectivity index is 2.01. The summed E-state index contributed by atoms with van der Waals surface area (Å²) in [7, 11) is 0. The molecule has 4 nitrogen and oxygen atoms in total. The molecule has 0 bridgehead atoms. The first kappa shape index (κ1) is 13.9. The summed E-state index contributed by atoms with van der Waals surface area (Å²) in [4.78, 5) is 13.6. The van der Waals surface area contributed by atoms with Crippen LogP contribution in [-0.2, 0) is 0 Å². The Labute approximate surface area is 114 Å². The first-order valence-electron chi connectivity index (χ1n) is 6.90. The van der Waals surface area contributed by atoms with Gasteiger partial charge < -0.3 is 10.4 Å². The maximum absolute atomic E-state index is 11.2. The summed E-state index contributed by atoms with van der Waals surface area (Å²) < 4.78 is 0. The summed E-state index contributed by atoms with van der Waals surface area (Å²) in [5.41, 5.74) is 2.14. The van der Waals surface area contributed by atoms with Crippen molar-refractivity contribution >= 4 is 11.7 Å². The number of aryl methyl sites for hydroxylation is 1. The first-order valence-corrected chi connectivity index (χ1v) is 6.90. The molecule has 2 rings (SSSR count). The summed E-state index contributed by atoms with van der Waals surface area (Å²) in [6, 6.07) is 5.84. The third kappa shape index (κ3) is 3.47. The summed E-state index contributed by atoms with van der Waals surface area (Å²) >= 11 is 0. The van der Waals surface area contributed by atoms with Crippen molar-refractivity contribution in [3.05, 3.63) is 29.3 Å². The zero-order valence-electron chi connectivity index (χ0n) is 11.6. The number of rotatable bonds is 5. The second-order valence-electron chi connectivity index (χ2n) is 5.33. The van der Waals surface area contributed by atoms with Crippen LogP contribution in [0.4, 0.5) is 5.69 Å². The normalized spacial score (nSPS) is 17.4. The van der Waals surface area contributed by atoms with Crippen LogP contribution in [0, 0.1) is 6.92 Å². The Kier molecular flexibility index (Phi) is 4.43. The number of nitrogens with zero attached hydrogens (tertiary/aromatic N) is 1. The van der Waals surface area contributed by atoms with Gasteiger partial charge in [0.05, 0.1) is 5.56 Å². The van der Waals surface area contributed by atoms with Gasteiger partial charge in [0.2, 0.25) is 0 Å². The minimum Gasteiger partial charge on any atom is -0.478 e. The molecule has 104 valence electrons. The lowest BCUT2D eigenvalue weighted by molar-refractivity contribution is 0.0698. The minimum absolute atomic E-state index is 0.347. The Morgan fingerprint density at radius 2 is 2.11 bits per heavy atom. The van der Waals surface area contributed by atoms with E-state index in [0.717, 1.165) is 30.9 Å². The number of nitrogens with one attached hydrogen (secondary N) is 1. The maximum atomic E-state index is 11.2. The summed E-state index contributed by atoms with van der Waals surface area (Å²) in [6.07, 6.45) is 2.55. The van der Waals surface area contributed by atoms with Crippen molar-refractivity contribution < 1.29 is 9.90 Å². The summed E-state index contributed by atoms with van der Waals surface area (Å²) in [5, 5.41) is 12.5. The molecule has 2 N–H and O–H groups in total. The van der Waals surface area contributed by atoms with E-state index in [1.807, 2.05) is 19.1 Å². The monoisotopic (exact) mass is 262 g/mol. The van der Waals surface area contributed by atoms with Gasteiger partial charge in [-0.05, 0) is 57.5 Å². The SMILES string of the molecule is Cc1ccc(C(=O)O)c(NCC(C)N2CCCC2)c1. The highest BCUT2D eigenvalue weighted by Crippen LogP contribution is 2.19. The fraction of sp³-hybridized carbons (Fsp3) is 0.533. The van der Waals surface area contributed by atoms with Crippen LogP contribution in [0.5, 0.6) is 0 Å². The third-order valence-corrected chi connectivity index (χ3v) is 3.76. The van der Waals surface area contributed by atoms with Gasteiger partial charge in [-0.15, -0.1) is 0 Å². The Morgan fingerprint density at radius 3 is 2.74 bits per heavy atom. The van der Waals surface area contributed by atoms with E-state index in [4.69, 9.17) is 0 Å². The smallest absolute Gasteiger partial charge is 0.337 e. The summed E-state index contributed by atoms with van der Waals surface area (Å²) in [6.45, 7) is 7.25. The molecule has 19 heavy (non-hydrogen) atoms. The van der Waals surface area contributed by atoms with Gasteiger partial charge in [-0.1, -0.05) is 6.07 Å². The molecule has 0 radical (unpaired) electrons. The number of aromatic carboxylic acids is 1. The molecule has 0 aromatic heterocycles. The van der Waals surface area contributed by atoms with Crippen molar-refractivity contribution in [3.8, 4) is 0 Å². The molecule has 1 saturated heterocycles. The van der Waals surface area contributed by atoms with Crippen LogP contribution in [0.3, 0.4) is 0 Å². The lowest BCUT2D eigenvalue weighted by atomic mass is 10.1. The van der Waals surface area contributed by atoms with Gasteiger partial charge in [0, 0.05) is 18.3 Å². The van der Waals surface area contributed by atoms with Crippen molar-refractivity contribution in [2.75, 3.05) is 25.0 Å². The van der Waals surface area contributed by atoms with E-state index in [1.54, 1.807) is 6.07 Å². The molecule has 1 atom stereocenters. The molecule has 0 aliphatic carbocycles. The molecule has 0 spiro atoms. The Bertz CT molecular complexity index is 453. The third-order valence-electron chi connectivity index (χ3n) is 3.76. The van der Waals surface area contributed by atoms with Crippen molar-refractivity contribution in [3.63, 3.8) is 0 Å². The fourth-order valence-corrected chi connectivity index (χ4v) is 2.56. The lowest BCUT2D eigenvalue weighted by Gasteiger charge is -2.24. The molecule has 1 fully saturated rings. The molecule has 1 aliphatic rings. The van der Waals surface area contributed by atoms with Crippen molar-refractivity contribution in [1.82, 2.24) is 4.90 Å². The van der Waals surface area contributed by atoms with Crippen molar-refractivity contribution in [2.24, 2.45) is 0 Å². The van der Waals surface area contributed by atoms with E-state index in [2.05, 4.69) is 17.1 Å². The van der Waals surface area contributed by atoms with Crippen LogP contribution in [-0.4, -0.2) is 41.7 Å². The zero-order valence-corrected chi connectivity index (χ0v) is 11.6. The topological polar surface area (TPSA) is 52.6 Å². The molecule has 1 aliphatic heterocycles. The number of carboxylic acid groups (broad SMARTS) is 1. The molecule has 1 aromatic rings. The second-order valence-corrected chi connectivity index (χ2v) is 5.33. The van der Waals surface area contributed by atoms with Crippen molar-refractivity contribution in [1.29, 1.82) is 0 Å². The average Bonchev–Trinajstić information content (AvgIpc) is 2.89. The molecular weight excluding hydrogens is 240 g/mol. The number of anilines is 1. The number of benzene rings is 1. The number of hydrogen-bond donors (Lipinski definition) is 2. The summed E-state index contributed by atoms with van der Waals surface area (Å²) in [5.74, 6) is -0.878. The Hall–Kier alpha value is -1.55. The van der Waals surface area contributed by atoms with E-state index >= 15 is 0 Å². The highest BCUT2D eigenvalue weighted by Gasteiger charge is 2.18. The van der Waals surface area contributed by atoms with Gasteiger partial charge in [-0.25, -0.2) is 4.79 Å². The molecule has 1 aromatic carbocycles. The average molecular weight is 262 g/mol. The predicted molar refractivity (Wildman–Crippen MR) is 76.9 cm³/mol. The van der Waals surface area contributed by atoms with E-state index in [-0.39, 0.29) is 0 Å². The van der Waals surface area contributed by atoms with Crippen LogP contribution >= 0.6 is 0 Å². The number of carboxylic acids is 1. The molecule has 0 amide bonds. The minimum atomic E-state index is -0.878. The second kappa shape index (κ2) is 6.06. The van der Waals surface area contributed by atoms with Gasteiger partial charge in [-0.2, -0.15) is 0 Å². The van der Waals surface area contributed by atoms with Crippen molar-refractivity contribution in [2.45, 2.75) is 32.7 Å². The van der Waals surface area contributed by atoms with Crippen LogP contribution in [0.25, 0.3) is 0 Å². The van der Waals surface area contributed by atoms with Crippen LogP contribution in [0.1, 0.15) is 35.7 Å². The van der Waals surface area contributed by atoms with E-state index in [1.165, 1.54) is 12.8 Å². The Morgan fingerprint density at radius 1 is 1.42 bits per heavy atom. The van der Waals surface area contributed by atoms with Gasteiger partial charge in [0.15, 0.2) is 0 Å².